The van der Waals surface area contributed by atoms with Gasteiger partial charge < -0.3 is 4.74 Å². The number of alkyl halides is 2. The van der Waals surface area contributed by atoms with Crippen molar-refractivity contribution in [1.82, 2.24) is 0 Å². The fraction of sp³-hybridized carbons (Fsp3) is 0.500. The van der Waals surface area contributed by atoms with Gasteiger partial charge in [0.25, 0.3) is 0 Å². The minimum atomic E-state index is -0.399. The molecule has 0 heterocycles. The second-order valence-corrected chi connectivity index (χ2v) is 8.72. The maximum absolute atomic E-state index is 11.3. The molecule has 0 amide bonds. The molecule has 0 saturated heterocycles. The molecular weight excluding hydrogens is 408 g/mol. The highest BCUT2D eigenvalue weighted by atomic mass is 79.9. The summed E-state index contributed by atoms with van der Waals surface area (Å²) >= 11 is 7.00. The minimum absolute atomic E-state index is 0.399. The van der Waals surface area contributed by atoms with E-state index < -0.39 is 5.97 Å². The van der Waals surface area contributed by atoms with E-state index in [1.807, 2.05) is 24.3 Å². The van der Waals surface area contributed by atoms with Crippen molar-refractivity contribution in [3.63, 3.8) is 0 Å². The average molecular weight is 432 g/mol. The first-order chi connectivity index (χ1) is 10.6. The number of halogens is 2. The number of para-hydroxylation sites is 1. The van der Waals surface area contributed by atoms with Gasteiger partial charge in [-0.2, -0.15) is 0 Å². The standard InChI is InChI=1S/C18H24Br2O2/c1-2-18(21)22-16-13-10-9-12-15(16)11-7-5-3-4-6-8-14-17(19)20/h2,9-10,12-13,17H,1,3-8,11,14H2. The van der Waals surface area contributed by atoms with Crippen LogP contribution in [0, 0.1) is 0 Å². The van der Waals surface area contributed by atoms with E-state index in [0.717, 1.165) is 18.4 Å². The summed E-state index contributed by atoms with van der Waals surface area (Å²) in [5, 5.41) is 0. The quantitative estimate of drug-likeness (QED) is 0.138. The Kier molecular flexibility index (Phi) is 10.5. The third-order valence-electron chi connectivity index (χ3n) is 3.47. The molecule has 0 bridgehead atoms. The van der Waals surface area contributed by atoms with Crippen LogP contribution in [0.25, 0.3) is 0 Å². The highest BCUT2D eigenvalue weighted by molar-refractivity contribution is 9.24. The monoisotopic (exact) mass is 430 g/mol. The lowest BCUT2D eigenvalue weighted by Gasteiger charge is -2.08. The van der Waals surface area contributed by atoms with E-state index >= 15 is 0 Å². The summed E-state index contributed by atoms with van der Waals surface area (Å²) in [5.41, 5.74) is 1.10. The van der Waals surface area contributed by atoms with Crippen LogP contribution >= 0.6 is 31.9 Å². The molecule has 0 aromatic heterocycles. The van der Waals surface area contributed by atoms with Crippen molar-refractivity contribution in [3.8, 4) is 5.75 Å². The molecule has 0 radical (unpaired) electrons. The van der Waals surface area contributed by atoms with Crippen molar-refractivity contribution < 1.29 is 9.53 Å². The number of carbonyl (C=O) groups is 1. The smallest absolute Gasteiger partial charge is 0.335 e. The molecule has 4 heteroatoms. The SMILES string of the molecule is C=CC(=O)Oc1ccccc1CCCCCCCCC(Br)Br. The van der Waals surface area contributed by atoms with Gasteiger partial charge in [-0.25, -0.2) is 4.79 Å². The number of carbonyl (C=O) groups excluding carboxylic acids is 1. The Morgan fingerprint density at radius 3 is 2.41 bits per heavy atom. The number of unbranched alkanes of at least 4 members (excludes halogenated alkanes) is 5. The zero-order chi connectivity index (χ0) is 16.2. The van der Waals surface area contributed by atoms with E-state index in [0.29, 0.717) is 9.49 Å². The average Bonchev–Trinajstić information content (AvgIpc) is 2.51. The Hall–Kier alpha value is -0.610. The van der Waals surface area contributed by atoms with Gasteiger partial charge in [0.15, 0.2) is 0 Å². The van der Waals surface area contributed by atoms with Gasteiger partial charge >= 0.3 is 5.97 Å². The summed E-state index contributed by atoms with van der Waals surface area (Å²) < 4.78 is 5.71. The number of aryl methyl sites for hydroxylation is 1. The van der Waals surface area contributed by atoms with Gasteiger partial charge in [0.2, 0.25) is 0 Å². The van der Waals surface area contributed by atoms with Gasteiger partial charge in [-0.1, -0.05) is 88.7 Å². The van der Waals surface area contributed by atoms with Crippen molar-refractivity contribution in [3.05, 3.63) is 42.5 Å². The zero-order valence-electron chi connectivity index (χ0n) is 12.9. The topological polar surface area (TPSA) is 26.3 Å². The molecule has 1 aromatic rings. The lowest BCUT2D eigenvalue weighted by molar-refractivity contribution is -0.129. The van der Waals surface area contributed by atoms with Crippen LogP contribution < -0.4 is 4.74 Å². The molecule has 0 atom stereocenters. The lowest BCUT2D eigenvalue weighted by atomic mass is 10.0. The molecule has 1 aromatic carbocycles. The molecule has 0 aliphatic heterocycles. The molecule has 0 N–H and O–H groups in total. The molecule has 122 valence electrons. The second kappa shape index (κ2) is 11.9. The van der Waals surface area contributed by atoms with Gasteiger partial charge in [-0.05, 0) is 30.9 Å². The molecule has 0 saturated carbocycles. The zero-order valence-corrected chi connectivity index (χ0v) is 16.1. The highest BCUT2D eigenvalue weighted by Gasteiger charge is 2.06. The van der Waals surface area contributed by atoms with Crippen molar-refractivity contribution in [2.24, 2.45) is 0 Å². The van der Waals surface area contributed by atoms with E-state index in [-0.39, 0.29) is 0 Å². The maximum atomic E-state index is 11.3. The summed E-state index contributed by atoms with van der Waals surface area (Å²) in [4.78, 5) is 11.3. The highest BCUT2D eigenvalue weighted by Crippen LogP contribution is 2.21. The molecule has 1 rings (SSSR count). The second-order valence-electron chi connectivity index (χ2n) is 5.28. The summed E-state index contributed by atoms with van der Waals surface area (Å²) in [7, 11) is 0. The van der Waals surface area contributed by atoms with Crippen LogP contribution in [0.2, 0.25) is 0 Å². The van der Waals surface area contributed by atoms with E-state index in [1.54, 1.807) is 0 Å². The van der Waals surface area contributed by atoms with Gasteiger partial charge in [0.05, 0.1) is 3.74 Å². The molecule has 0 aliphatic carbocycles. The fourth-order valence-corrected chi connectivity index (χ4v) is 2.93. The Bertz CT molecular complexity index is 458. The van der Waals surface area contributed by atoms with Crippen LogP contribution in [0.15, 0.2) is 36.9 Å². The van der Waals surface area contributed by atoms with Crippen molar-refractivity contribution in [2.45, 2.75) is 55.1 Å². The number of benzene rings is 1. The number of hydrogen-bond acceptors (Lipinski definition) is 2. The molecule has 0 unspecified atom stereocenters. The molecule has 2 nitrogen and oxygen atoms in total. The van der Waals surface area contributed by atoms with Crippen molar-refractivity contribution in [2.75, 3.05) is 0 Å². The number of ether oxygens (including phenoxy) is 1. The molecule has 22 heavy (non-hydrogen) atoms. The van der Waals surface area contributed by atoms with E-state index in [2.05, 4.69) is 38.4 Å². The first-order valence-electron chi connectivity index (χ1n) is 7.83. The van der Waals surface area contributed by atoms with E-state index in [1.165, 1.54) is 44.6 Å². The fourth-order valence-electron chi connectivity index (χ4n) is 2.28. The largest absolute Gasteiger partial charge is 0.423 e. The van der Waals surface area contributed by atoms with Gasteiger partial charge in [-0.3, -0.25) is 0 Å². The van der Waals surface area contributed by atoms with Crippen molar-refractivity contribution >= 4 is 37.8 Å². The summed E-state index contributed by atoms with van der Waals surface area (Å²) in [6.07, 6.45) is 10.8. The predicted octanol–water partition coefficient (Wildman–Crippen LogP) is 6.17. The van der Waals surface area contributed by atoms with Crippen molar-refractivity contribution in [1.29, 1.82) is 0 Å². The van der Waals surface area contributed by atoms with Crippen LogP contribution in [0.4, 0.5) is 0 Å². The van der Waals surface area contributed by atoms with Crippen LogP contribution in [-0.2, 0) is 11.2 Å². The first-order valence-corrected chi connectivity index (χ1v) is 9.67. The molecule has 0 aliphatic rings. The summed E-state index contributed by atoms with van der Waals surface area (Å²) in [6, 6.07) is 7.74. The number of rotatable bonds is 11. The van der Waals surface area contributed by atoms with Crippen LogP contribution in [-0.4, -0.2) is 9.71 Å². The molecule has 0 spiro atoms. The Balaban J connectivity index is 2.22. The minimum Gasteiger partial charge on any atom is -0.423 e. The Labute approximate surface area is 150 Å². The Morgan fingerprint density at radius 1 is 1.09 bits per heavy atom. The lowest BCUT2D eigenvalue weighted by Crippen LogP contribution is -2.05. The Morgan fingerprint density at radius 2 is 1.73 bits per heavy atom. The van der Waals surface area contributed by atoms with Crippen LogP contribution in [0.1, 0.15) is 50.5 Å². The molecule has 0 fully saturated rings. The van der Waals surface area contributed by atoms with Crippen LogP contribution in [0.3, 0.4) is 0 Å². The first kappa shape index (κ1) is 19.4. The molecular formula is C18H24Br2O2. The van der Waals surface area contributed by atoms with Gasteiger partial charge in [0, 0.05) is 6.08 Å². The number of hydrogen-bond donors (Lipinski definition) is 0. The predicted molar refractivity (Wildman–Crippen MR) is 99.9 cm³/mol. The number of esters is 1. The van der Waals surface area contributed by atoms with Gasteiger partial charge in [-0.15, -0.1) is 0 Å². The third kappa shape index (κ3) is 8.74. The van der Waals surface area contributed by atoms with E-state index in [4.69, 9.17) is 4.74 Å². The normalized spacial score (nSPS) is 10.7. The van der Waals surface area contributed by atoms with E-state index in [9.17, 15) is 4.79 Å². The third-order valence-corrected chi connectivity index (χ3v) is 4.38. The maximum Gasteiger partial charge on any atom is 0.335 e. The van der Waals surface area contributed by atoms with Crippen LogP contribution in [0.5, 0.6) is 5.75 Å². The summed E-state index contributed by atoms with van der Waals surface area (Å²) in [5.74, 6) is 0.262. The summed E-state index contributed by atoms with van der Waals surface area (Å²) in [6.45, 7) is 3.43. The van der Waals surface area contributed by atoms with Gasteiger partial charge in [0.1, 0.15) is 5.75 Å².